The summed E-state index contributed by atoms with van der Waals surface area (Å²) in [6, 6.07) is 15.7. The van der Waals surface area contributed by atoms with Crippen LogP contribution in [-0.4, -0.2) is 41.0 Å². The van der Waals surface area contributed by atoms with Crippen LogP contribution in [0.3, 0.4) is 0 Å². The van der Waals surface area contributed by atoms with Gasteiger partial charge in [0.15, 0.2) is 0 Å². The second-order valence-corrected chi connectivity index (χ2v) is 10.9. The molecule has 0 radical (unpaired) electrons. The summed E-state index contributed by atoms with van der Waals surface area (Å²) in [5.41, 5.74) is 1.96. The molecule has 0 heterocycles. The maximum atomic E-state index is 14.2. The average Bonchev–Trinajstić information content (AvgIpc) is 2.87. The Morgan fingerprint density at radius 2 is 1.61 bits per heavy atom. The molecule has 3 unspecified atom stereocenters. The molecule has 0 saturated heterocycles. The predicted molar refractivity (Wildman–Crippen MR) is 151 cm³/mol. The van der Waals surface area contributed by atoms with Crippen molar-refractivity contribution in [2.75, 3.05) is 6.54 Å². The molecule has 0 aromatic heterocycles. The number of hydrogen-bond donors (Lipinski definition) is 2. The molecule has 2 aromatic carbocycles. The van der Waals surface area contributed by atoms with E-state index in [1.165, 1.54) is 0 Å². The molecule has 0 bridgehead atoms. The molecule has 0 fully saturated rings. The molecular weight excluding hydrogens is 478 g/mol. The summed E-state index contributed by atoms with van der Waals surface area (Å²) in [5, 5.41) is 5.86. The van der Waals surface area contributed by atoms with Crippen molar-refractivity contribution >= 4 is 17.9 Å². The van der Waals surface area contributed by atoms with Crippen LogP contribution < -0.4 is 10.6 Å². The highest BCUT2D eigenvalue weighted by molar-refractivity contribution is 5.92. The van der Waals surface area contributed by atoms with Gasteiger partial charge in [-0.1, -0.05) is 88.2 Å². The van der Waals surface area contributed by atoms with Gasteiger partial charge in [-0.15, -0.1) is 0 Å². The maximum absolute atomic E-state index is 14.2. The van der Waals surface area contributed by atoms with Crippen LogP contribution >= 0.6 is 0 Å². The maximum Gasteiger partial charge on any atom is 0.408 e. The fourth-order valence-electron chi connectivity index (χ4n) is 4.22. The Morgan fingerprint density at radius 3 is 2.18 bits per heavy atom. The van der Waals surface area contributed by atoms with E-state index >= 15 is 0 Å². The van der Waals surface area contributed by atoms with Gasteiger partial charge in [-0.25, -0.2) is 4.79 Å². The molecule has 7 heteroatoms. The topological polar surface area (TPSA) is 87.7 Å². The van der Waals surface area contributed by atoms with Gasteiger partial charge in [0, 0.05) is 13.1 Å². The number of carbonyl (C=O) groups is 3. The number of alkyl carbamates (subject to hydrolysis) is 1. The molecule has 7 nitrogen and oxygen atoms in total. The monoisotopic (exact) mass is 523 g/mol. The lowest BCUT2D eigenvalue weighted by Crippen LogP contribution is -2.55. The number of aryl methyl sites for hydroxylation is 1. The van der Waals surface area contributed by atoms with Gasteiger partial charge >= 0.3 is 6.09 Å². The highest BCUT2D eigenvalue weighted by Gasteiger charge is 2.38. The summed E-state index contributed by atoms with van der Waals surface area (Å²) in [7, 11) is 0. The fourth-order valence-corrected chi connectivity index (χ4v) is 4.22. The first-order chi connectivity index (χ1) is 18.0. The molecule has 0 aliphatic rings. The third kappa shape index (κ3) is 9.19. The Hall–Kier alpha value is -3.35. The number of carbonyl (C=O) groups excluding carboxylic acids is 3. The summed E-state index contributed by atoms with van der Waals surface area (Å²) in [6.45, 7) is 14.0. The molecule has 38 heavy (non-hydrogen) atoms. The molecule has 2 aromatic rings. The number of nitrogens with one attached hydrogen (secondary N) is 2. The van der Waals surface area contributed by atoms with Gasteiger partial charge in [-0.3, -0.25) is 9.59 Å². The molecular formula is C31H45N3O4. The van der Waals surface area contributed by atoms with Crippen LogP contribution in [0.1, 0.15) is 83.5 Å². The third-order valence-corrected chi connectivity index (χ3v) is 6.54. The van der Waals surface area contributed by atoms with E-state index in [2.05, 4.69) is 10.6 Å². The number of amides is 3. The minimum absolute atomic E-state index is 0.163. The van der Waals surface area contributed by atoms with Crippen LogP contribution in [0.15, 0.2) is 54.6 Å². The van der Waals surface area contributed by atoms with E-state index in [4.69, 9.17) is 4.74 Å². The molecule has 3 amide bonds. The molecule has 2 N–H and O–H groups in total. The SMILES string of the molecule is CCCCN(C(=O)C(NC(=O)OC(C)(C)C)C(C)CC)C(C(=O)NCc1ccccc1)c1ccccc1C. The van der Waals surface area contributed by atoms with Crippen molar-refractivity contribution in [3.63, 3.8) is 0 Å². The normalized spacial score (nSPS) is 13.7. The lowest BCUT2D eigenvalue weighted by Gasteiger charge is -2.36. The van der Waals surface area contributed by atoms with Crippen molar-refractivity contribution in [1.29, 1.82) is 0 Å². The number of nitrogens with zero attached hydrogens (tertiary/aromatic N) is 1. The standard InChI is InChI=1S/C31H45N3O4/c1-8-10-20-34(29(36)26(22(3)9-2)33-30(37)38-31(5,6)7)27(25-19-15-14-16-23(25)4)28(35)32-21-24-17-12-11-13-18-24/h11-19,22,26-27H,8-10,20-21H2,1-7H3,(H,32,35)(H,33,37). The number of unbranched alkanes of at least 4 members (excludes halogenated alkanes) is 1. The van der Waals surface area contributed by atoms with Crippen LogP contribution in [0.2, 0.25) is 0 Å². The lowest BCUT2D eigenvalue weighted by molar-refractivity contribution is -0.143. The smallest absolute Gasteiger partial charge is 0.408 e. The summed E-state index contributed by atoms with van der Waals surface area (Å²) in [5.74, 6) is -0.710. The van der Waals surface area contributed by atoms with Gasteiger partial charge in [0.05, 0.1) is 0 Å². The van der Waals surface area contributed by atoms with Crippen molar-refractivity contribution in [3.8, 4) is 0 Å². The zero-order valence-electron chi connectivity index (χ0n) is 24.0. The van der Waals surface area contributed by atoms with E-state index in [0.29, 0.717) is 19.5 Å². The summed E-state index contributed by atoms with van der Waals surface area (Å²) < 4.78 is 5.47. The molecule has 0 aliphatic heterocycles. The van der Waals surface area contributed by atoms with Crippen molar-refractivity contribution in [1.82, 2.24) is 15.5 Å². The third-order valence-electron chi connectivity index (χ3n) is 6.54. The van der Waals surface area contributed by atoms with Crippen LogP contribution in [0.5, 0.6) is 0 Å². The fraction of sp³-hybridized carbons (Fsp3) is 0.516. The Morgan fingerprint density at radius 1 is 0.974 bits per heavy atom. The minimum atomic E-state index is -0.842. The van der Waals surface area contributed by atoms with Crippen molar-refractivity contribution in [2.24, 2.45) is 5.92 Å². The first-order valence-electron chi connectivity index (χ1n) is 13.7. The molecule has 0 aliphatic carbocycles. The Balaban J connectivity index is 2.48. The molecule has 208 valence electrons. The Kier molecular flexibility index (Phi) is 11.8. The number of hydrogen-bond acceptors (Lipinski definition) is 4. The van der Waals surface area contributed by atoms with Gasteiger partial charge in [-0.2, -0.15) is 0 Å². The largest absolute Gasteiger partial charge is 0.444 e. The van der Waals surface area contributed by atoms with Gasteiger partial charge < -0.3 is 20.3 Å². The quantitative estimate of drug-likeness (QED) is 0.361. The van der Waals surface area contributed by atoms with Crippen molar-refractivity contribution in [3.05, 3.63) is 71.3 Å². The van der Waals surface area contributed by atoms with E-state index < -0.39 is 23.8 Å². The van der Waals surface area contributed by atoms with Crippen LogP contribution in [0.25, 0.3) is 0 Å². The predicted octanol–water partition coefficient (Wildman–Crippen LogP) is 5.92. The first-order valence-corrected chi connectivity index (χ1v) is 13.7. The van der Waals surface area contributed by atoms with Gasteiger partial charge in [0.25, 0.3) is 0 Å². The second-order valence-electron chi connectivity index (χ2n) is 10.9. The second kappa shape index (κ2) is 14.6. The van der Waals surface area contributed by atoms with Gasteiger partial charge in [-0.05, 0) is 56.7 Å². The Bertz CT molecular complexity index is 1050. The zero-order chi connectivity index (χ0) is 28.3. The van der Waals surface area contributed by atoms with Crippen LogP contribution in [0.4, 0.5) is 4.79 Å². The average molecular weight is 524 g/mol. The summed E-state index contributed by atoms with van der Waals surface area (Å²) in [6.07, 6.45) is 1.60. The summed E-state index contributed by atoms with van der Waals surface area (Å²) in [4.78, 5) is 42.4. The Labute approximate surface area is 228 Å². The van der Waals surface area contributed by atoms with E-state index in [0.717, 1.165) is 29.5 Å². The van der Waals surface area contributed by atoms with E-state index in [-0.39, 0.29) is 17.7 Å². The zero-order valence-corrected chi connectivity index (χ0v) is 24.0. The number of rotatable bonds is 12. The van der Waals surface area contributed by atoms with E-state index in [9.17, 15) is 14.4 Å². The van der Waals surface area contributed by atoms with Gasteiger partial charge in [0.1, 0.15) is 17.7 Å². The highest BCUT2D eigenvalue weighted by Crippen LogP contribution is 2.27. The molecule has 3 atom stereocenters. The lowest BCUT2D eigenvalue weighted by atomic mass is 9.94. The number of ether oxygens (including phenoxy) is 1. The van der Waals surface area contributed by atoms with Gasteiger partial charge in [0.2, 0.25) is 11.8 Å². The molecule has 0 spiro atoms. The first kappa shape index (κ1) is 30.9. The van der Waals surface area contributed by atoms with E-state index in [1.54, 1.807) is 25.7 Å². The summed E-state index contributed by atoms with van der Waals surface area (Å²) >= 11 is 0. The van der Waals surface area contributed by atoms with Crippen molar-refractivity contribution in [2.45, 2.75) is 92.0 Å². The van der Waals surface area contributed by atoms with Crippen molar-refractivity contribution < 1.29 is 19.1 Å². The molecule has 0 saturated carbocycles. The minimum Gasteiger partial charge on any atom is -0.444 e. The number of benzene rings is 2. The van der Waals surface area contributed by atoms with Crippen LogP contribution in [-0.2, 0) is 20.9 Å². The van der Waals surface area contributed by atoms with E-state index in [1.807, 2.05) is 82.3 Å². The molecule has 2 rings (SSSR count). The highest BCUT2D eigenvalue weighted by atomic mass is 16.6. The van der Waals surface area contributed by atoms with Crippen LogP contribution in [0, 0.1) is 12.8 Å².